The summed E-state index contributed by atoms with van der Waals surface area (Å²) < 4.78 is 1.99. The number of hydrogen-bond donors (Lipinski definition) is 2. The van der Waals surface area contributed by atoms with Crippen LogP contribution in [0.4, 0.5) is 0 Å². The molecular formula is C10H17N6+. The van der Waals surface area contributed by atoms with Crippen molar-refractivity contribution in [2.75, 3.05) is 0 Å². The van der Waals surface area contributed by atoms with E-state index in [1.54, 1.807) is 6.33 Å². The van der Waals surface area contributed by atoms with Crippen LogP contribution in [-0.2, 0) is 6.54 Å². The van der Waals surface area contributed by atoms with Gasteiger partial charge in [-0.2, -0.15) is 0 Å². The smallest absolute Gasteiger partial charge is 0.265 e. The lowest BCUT2D eigenvalue weighted by atomic mass is 10.1. The maximum atomic E-state index is 4.29. The third-order valence-corrected chi connectivity index (χ3v) is 2.62. The number of H-pyrrole nitrogens is 2. The molecule has 86 valence electrons. The van der Waals surface area contributed by atoms with Crippen LogP contribution in [0.2, 0.25) is 0 Å². The van der Waals surface area contributed by atoms with Gasteiger partial charge in [0.2, 0.25) is 6.33 Å². The average Bonchev–Trinajstić information content (AvgIpc) is 2.86. The molecule has 2 rings (SSSR count). The Hall–Kier alpha value is -1.72. The topological polar surface area (TPSA) is 74.1 Å². The Morgan fingerprint density at radius 1 is 1.38 bits per heavy atom. The summed E-state index contributed by atoms with van der Waals surface area (Å²) in [5.41, 5.74) is 0.963. The molecule has 0 amide bonds. The highest BCUT2D eigenvalue weighted by Crippen LogP contribution is 2.11. The first-order valence-electron chi connectivity index (χ1n) is 5.48. The highest BCUT2D eigenvalue weighted by Gasteiger charge is 2.20. The minimum atomic E-state index is 0.296. The van der Waals surface area contributed by atoms with Crippen molar-refractivity contribution in [3.63, 3.8) is 0 Å². The molecule has 6 nitrogen and oxygen atoms in total. The molecule has 0 fully saturated rings. The molecule has 0 aliphatic heterocycles. The normalized spacial score (nSPS) is 13.2. The van der Waals surface area contributed by atoms with Crippen molar-refractivity contribution in [1.29, 1.82) is 0 Å². The Balaban J connectivity index is 2.12. The van der Waals surface area contributed by atoms with Crippen molar-refractivity contribution in [3.8, 4) is 0 Å². The molecule has 0 aliphatic rings. The summed E-state index contributed by atoms with van der Waals surface area (Å²) in [6, 6.07) is 0. The lowest BCUT2D eigenvalue weighted by molar-refractivity contribution is -0.760. The lowest BCUT2D eigenvalue weighted by Crippen LogP contribution is -2.42. The summed E-state index contributed by atoms with van der Waals surface area (Å²) in [4.78, 5) is 3.16. The molecular weight excluding hydrogens is 204 g/mol. The predicted molar refractivity (Wildman–Crippen MR) is 57.7 cm³/mol. The number of hydrogen-bond acceptors (Lipinski definition) is 3. The molecule has 0 aromatic carbocycles. The summed E-state index contributed by atoms with van der Waals surface area (Å²) in [5.74, 6) is 1.87. The maximum Gasteiger partial charge on any atom is 0.278 e. The van der Waals surface area contributed by atoms with Crippen molar-refractivity contribution in [2.24, 2.45) is 0 Å². The third-order valence-electron chi connectivity index (χ3n) is 2.62. The molecule has 6 heteroatoms. The fraction of sp³-hybridized carbons (Fsp3) is 0.600. The molecule has 0 radical (unpaired) electrons. The Morgan fingerprint density at radius 2 is 2.19 bits per heavy atom. The monoisotopic (exact) mass is 221 g/mol. The van der Waals surface area contributed by atoms with Gasteiger partial charge in [0.25, 0.3) is 5.82 Å². The second-order valence-corrected chi connectivity index (χ2v) is 4.31. The summed E-state index contributed by atoms with van der Waals surface area (Å²) in [6.07, 6.45) is 3.55. The van der Waals surface area contributed by atoms with Crippen LogP contribution in [0, 0.1) is 0 Å². The Kier molecular flexibility index (Phi) is 2.98. The highest BCUT2D eigenvalue weighted by molar-refractivity contribution is 4.97. The zero-order valence-corrected chi connectivity index (χ0v) is 9.81. The summed E-state index contributed by atoms with van der Waals surface area (Å²) in [6.45, 7) is 7.21. The van der Waals surface area contributed by atoms with Gasteiger partial charge in [0.05, 0.1) is 11.6 Å². The summed E-state index contributed by atoms with van der Waals surface area (Å²) >= 11 is 0. The average molecular weight is 221 g/mol. The van der Waals surface area contributed by atoms with E-state index in [2.05, 4.69) is 46.3 Å². The zero-order valence-electron chi connectivity index (χ0n) is 9.81. The molecule has 1 unspecified atom stereocenters. The van der Waals surface area contributed by atoms with Gasteiger partial charge in [-0.25, -0.2) is 4.98 Å². The van der Waals surface area contributed by atoms with Crippen LogP contribution in [0.25, 0.3) is 0 Å². The highest BCUT2D eigenvalue weighted by atomic mass is 15.3. The Bertz CT molecular complexity index is 430. The SMILES string of the molecule is CC(C)c1[nH]cn[n+]1CC(C)c1c[nH]nn1. The van der Waals surface area contributed by atoms with Crippen LogP contribution in [-0.4, -0.2) is 25.5 Å². The van der Waals surface area contributed by atoms with Crippen molar-refractivity contribution in [2.45, 2.75) is 39.2 Å². The number of nitrogens with zero attached hydrogens (tertiary/aromatic N) is 4. The molecule has 0 aliphatic carbocycles. The van der Waals surface area contributed by atoms with Crippen LogP contribution in [0.15, 0.2) is 12.5 Å². The summed E-state index contributed by atoms with van der Waals surface area (Å²) in [5, 5.41) is 14.8. The van der Waals surface area contributed by atoms with E-state index in [0.29, 0.717) is 11.8 Å². The van der Waals surface area contributed by atoms with E-state index >= 15 is 0 Å². The molecule has 0 saturated carbocycles. The number of nitrogens with one attached hydrogen (secondary N) is 2. The molecule has 2 N–H and O–H groups in total. The van der Waals surface area contributed by atoms with E-state index in [1.165, 1.54) is 0 Å². The van der Waals surface area contributed by atoms with Crippen LogP contribution in [0.3, 0.4) is 0 Å². The molecule has 0 spiro atoms. The van der Waals surface area contributed by atoms with Gasteiger partial charge in [-0.3, -0.25) is 5.10 Å². The largest absolute Gasteiger partial charge is 0.278 e. The van der Waals surface area contributed by atoms with Crippen LogP contribution >= 0.6 is 0 Å². The first-order chi connectivity index (χ1) is 7.68. The minimum absolute atomic E-state index is 0.296. The van der Waals surface area contributed by atoms with Crippen LogP contribution in [0.1, 0.15) is 44.1 Å². The van der Waals surface area contributed by atoms with Gasteiger partial charge in [0.15, 0.2) is 0 Å². The third kappa shape index (κ3) is 2.10. The molecule has 2 aromatic heterocycles. The Morgan fingerprint density at radius 3 is 2.81 bits per heavy atom. The van der Waals surface area contributed by atoms with E-state index in [-0.39, 0.29) is 0 Å². The predicted octanol–water partition coefficient (Wildman–Crippen LogP) is 0.742. The van der Waals surface area contributed by atoms with Gasteiger partial charge in [0, 0.05) is 12.1 Å². The fourth-order valence-electron chi connectivity index (χ4n) is 1.72. The second-order valence-electron chi connectivity index (χ2n) is 4.31. The van der Waals surface area contributed by atoms with E-state index in [9.17, 15) is 0 Å². The Labute approximate surface area is 94.1 Å². The first-order valence-corrected chi connectivity index (χ1v) is 5.48. The number of rotatable bonds is 4. The standard InChI is InChI=1S/C10H16N6/c1-7(2)10-11-6-13-16(10)5-8(3)9-4-12-15-14-9/h4,6-8H,5H2,1-3H3,(H,12,14,15)/p+1. The van der Waals surface area contributed by atoms with E-state index in [0.717, 1.165) is 18.1 Å². The molecule has 2 aromatic rings. The van der Waals surface area contributed by atoms with Gasteiger partial charge in [-0.05, 0) is 5.10 Å². The van der Waals surface area contributed by atoms with E-state index < -0.39 is 0 Å². The molecule has 16 heavy (non-hydrogen) atoms. The minimum Gasteiger partial charge on any atom is -0.265 e. The van der Waals surface area contributed by atoms with Crippen molar-refractivity contribution >= 4 is 0 Å². The van der Waals surface area contributed by atoms with Gasteiger partial charge in [-0.15, -0.1) is 9.78 Å². The zero-order chi connectivity index (χ0) is 11.5. The van der Waals surface area contributed by atoms with Gasteiger partial charge in [-0.1, -0.05) is 26.0 Å². The number of aromatic nitrogens is 6. The van der Waals surface area contributed by atoms with E-state index in [4.69, 9.17) is 0 Å². The molecule has 0 saturated heterocycles. The molecule has 2 heterocycles. The van der Waals surface area contributed by atoms with Crippen molar-refractivity contribution in [1.82, 2.24) is 25.5 Å². The molecule has 0 bridgehead atoms. The van der Waals surface area contributed by atoms with Gasteiger partial charge in [0.1, 0.15) is 6.54 Å². The fourth-order valence-corrected chi connectivity index (χ4v) is 1.72. The maximum absolute atomic E-state index is 4.29. The molecule has 1 atom stereocenters. The van der Waals surface area contributed by atoms with Crippen LogP contribution in [0.5, 0.6) is 0 Å². The second kappa shape index (κ2) is 4.42. The van der Waals surface area contributed by atoms with Crippen molar-refractivity contribution in [3.05, 3.63) is 24.0 Å². The number of aromatic amines is 2. The van der Waals surface area contributed by atoms with Crippen LogP contribution < -0.4 is 4.68 Å². The van der Waals surface area contributed by atoms with Gasteiger partial charge >= 0.3 is 0 Å². The summed E-state index contributed by atoms with van der Waals surface area (Å²) in [7, 11) is 0. The first kappa shape index (κ1) is 10.8. The quantitative estimate of drug-likeness (QED) is 0.748. The van der Waals surface area contributed by atoms with Gasteiger partial charge < -0.3 is 0 Å². The lowest BCUT2D eigenvalue weighted by Gasteiger charge is -2.05. The van der Waals surface area contributed by atoms with Crippen molar-refractivity contribution < 1.29 is 4.68 Å². The van der Waals surface area contributed by atoms with E-state index in [1.807, 2.05) is 10.9 Å².